The minimum atomic E-state index is 0.605. The third kappa shape index (κ3) is 6.32. The summed E-state index contributed by atoms with van der Waals surface area (Å²) in [5, 5.41) is 3.08. The van der Waals surface area contributed by atoms with E-state index in [0.717, 1.165) is 24.2 Å². The van der Waals surface area contributed by atoms with Crippen LogP contribution >= 0.6 is 0 Å². The Kier molecular flexibility index (Phi) is 7.38. The van der Waals surface area contributed by atoms with Crippen LogP contribution in [0.5, 0.6) is 0 Å². The summed E-state index contributed by atoms with van der Waals surface area (Å²) in [5.74, 6) is 0.605. The highest BCUT2D eigenvalue weighted by Crippen LogP contribution is 2.15. The van der Waals surface area contributed by atoms with E-state index in [4.69, 9.17) is 5.73 Å². The number of anilines is 1. The second kappa shape index (κ2) is 8.29. The molecule has 1 aromatic rings. The third-order valence-electron chi connectivity index (χ3n) is 2.51. The molecule has 0 bridgehead atoms. The SMILES string of the molecule is C#C.C=C(CC(C)Cc1ccc(N)cc1)NC. The summed E-state index contributed by atoms with van der Waals surface area (Å²) in [7, 11) is 1.91. The van der Waals surface area contributed by atoms with Crippen molar-refractivity contribution < 1.29 is 0 Å². The Hall–Kier alpha value is -1.88. The molecule has 2 nitrogen and oxygen atoms in total. The Morgan fingerprint density at radius 2 is 1.88 bits per heavy atom. The summed E-state index contributed by atoms with van der Waals surface area (Å²) in [5.41, 5.74) is 8.89. The lowest BCUT2D eigenvalue weighted by Crippen LogP contribution is -2.10. The lowest BCUT2D eigenvalue weighted by Gasteiger charge is -2.13. The van der Waals surface area contributed by atoms with Crippen molar-refractivity contribution in [3.63, 3.8) is 0 Å². The number of nitrogens with two attached hydrogens (primary N) is 1. The highest BCUT2D eigenvalue weighted by Gasteiger charge is 2.04. The molecule has 0 aromatic heterocycles. The number of allylic oxidation sites excluding steroid dienone is 1. The fourth-order valence-electron chi connectivity index (χ4n) is 1.65. The Balaban J connectivity index is 0.00000121. The van der Waals surface area contributed by atoms with E-state index in [2.05, 4.69) is 43.8 Å². The quantitative estimate of drug-likeness (QED) is 0.603. The Labute approximate surface area is 105 Å². The van der Waals surface area contributed by atoms with Crippen LogP contribution in [0, 0.1) is 18.8 Å². The Morgan fingerprint density at radius 3 is 2.35 bits per heavy atom. The second-order valence-electron chi connectivity index (χ2n) is 4.11. The molecule has 17 heavy (non-hydrogen) atoms. The fraction of sp³-hybridized carbons (Fsp3) is 0.333. The van der Waals surface area contributed by atoms with Gasteiger partial charge in [0.1, 0.15) is 0 Å². The zero-order valence-electron chi connectivity index (χ0n) is 10.7. The standard InChI is InChI=1S/C13H20N2.C2H2/c1-10(8-11(2)15-3)9-12-4-6-13(14)7-5-12;1-2/h4-7,10,15H,2,8-9,14H2,1,3H3;1-2H. The number of rotatable bonds is 5. The number of hydrogen-bond acceptors (Lipinski definition) is 2. The molecule has 1 unspecified atom stereocenters. The van der Waals surface area contributed by atoms with E-state index in [1.54, 1.807) is 0 Å². The van der Waals surface area contributed by atoms with Gasteiger partial charge in [0.15, 0.2) is 0 Å². The van der Waals surface area contributed by atoms with E-state index in [0.29, 0.717) is 5.92 Å². The average molecular weight is 230 g/mol. The number of nitrogen functional groups attached to an aromatic ring is 1. The van der Waals surface area contributed by atoms with Crippen LogP contribution in [0.2, 0.25) is 0 Å². The number of hydrogen-bond donors (Lipinski definition) is 2. The van der Waals surface area contributed by atoms with E-state index >= 15 is 0 Å². The lowest BCUT2D eigenvalue weighted by molar-refractivity contribution is 0.559. The second-order valence-corrected chi connectivity index (χ2v) is 4.11. The molecule has 0 aliphatic heterocycles. The van der Waals surface area contributed by atoms with Crippen LogP contribution in [0.4, 0.5) is 5.69 Å². The lowest BCUT2D eigenvalue weighted by atomic mass is 9.97. The van der Waals surface area contributed by atoms with Gasteiger partial charge in [0.2, 0.25) is 0 Å². The molecule has 0 spiro atoms. The molecule has 1 aromatic carbocycles. The van der Waals surface area contributed by atoms with Gasteiger partial charge in [-0.05, 0) is 36.5 Å². The van der Waals surface area contributed by atoms with Gasteiger partial charge < -0.3 is 11.1 Å². The minimum absolute atomic E-state index is 0.605. The largest absolute Gasteiger partial charge is 0.399 e. The molecule has 0 amide bonds. The molecule has 1 atom stereocenters. The molecule has 0 fully saturated rings. The zero-order valence-corrected chi connectivity index (χ0v) is 10.7. The maximum Gasteiger partial charge on any atom is 0.0314 e. The van der Waals surface area contributed by atoms with Crippen LogP contribution in [0.1, 0.15) is 18.9 Å². The Bertz CT molecular complexity index is 349. The first-order valence-electron chi connectivity index (χ1n) is 5.65. The first-order valence-corrected chi connectivity index (χ1v) is 5.65. The summed E-state index contributed by atoms with van der Waals surface area (Å²) < 4.78 is 0. The van der Waals surface area contributed by atoms with Gasteiger partial charge in [0.05, 0.1) is 0 Å². The van der Waals surface area contributed by atoms with Gasteiger partial charge in [-0.1, -0.05) is 25.6 Å². The van der Waals surface area contributed by atoms with E-state index in [1.807, 2.05) is 19.2 Å². The van der Waals surface area contributed by atoms with Gasteiger partial charge in [0, 0.05) is 18.4 Å². The highest BCUT2D eigenvalue weighted by atomic mass is 14.8. The molecule has 0 saturated carbocycles. The molecular weight excluding hydrogens is 208 g/mol. The van der Waals surface area contributed by atoms with E-state index in [-0.39, 0.29) is 0 Å². The van der Waals surface area contributed by atoms with Crippen LogP contribution in [0.25, 0.3) is 0 Å². The van der Waals surface area contributed by atoms with Gasteiger partial charge in [-0.2, -0.15) is 0 Å². The first kappa shape index (κ1) is 15.1. The van der Waals surface area contributed by atoms with Gasteiger partial charge in [-0.15, -0.1) is 12.8 Å². The molecule has 0 aliphatic rings. The number of nitrogens with one attached hydrogen (secondary N) is 1. The number of terminal acetylenes is 1. The predicted octanol–water partition coefficient (Wildman–Crippen LogP) is 2.82. The van der Waals surface area contributed by atoms with Crippen LogP contribution in [-0.4, -0.2) is 7.05 Å². The Morgan fingerprint density at radius 1 is 1.35 bits per heavy atom. The summed E-state index contributed by atoms with van der Waals surface area (Å²) in [6, 6.07) is 8.09. The topological polar surface area (TPSA) is 38.0 Å². The average Bonchev–Trinajstić information content (AvgIpc) is 2.34. The zero-order chi connectivity index (χ0) is 13.3. The van der Waals surface area contributed by atoms with E-state index in [9.17, 15) is 0 Å². The van der Waals surface area contributed by atoms with Gasteiger partial charge in [0.25, 0.3) is 0 Å². The third-order valence-corrected chi connectivity index (χ3v) is 2.51. The molecule has 0 heterocycles. The van der Waals surface area contributed by atoms with Crippen LogP contribution in [-0.2, 0) is 6.42 Å². The van der Waals surface area contributed by atoms with Crippen molar-refractivity contribution >= 4 is 5.69 Å². The minimum Gasteiger partial charge on any atom is -0.399 e. The molecule has 92 valence electrons. The maximum atomic E-state index is 5.64. The summed E-state index contributed by atoms with van der Waals surface area (Å²) in [6.07, 6.45) is 10.1. The van der Waals surface area contributed by atoms with Crippen molar-refractivity contribution in [3.05, 3.63) is 42.1 Å². The van der Waals surface area contributed by atoms with Gasteiger partial charge >= 0.3 is 0 Å². The summed E-state index contributed by atoms with van der Waals surface area (Å²) in [6.45, 7) is 6.17. The normalized spacial score (nSPS) is 10.8. The molecular formula is C15H22N2. The van der Waals surface area contributed by atoms with Crippen molar-refractivity contribution in [2.45, 2.75) is 19.8 Å². The summed E-state index contributed by atoms with van der Waals surface area (Å²) >= 11 is 0. The van der Waals surface area contributed by atoms with Gasteiger partial charge in [-0.25, -0.2) is 0 Å². The van der Waals surface area contributed by atoms with Crippen molar-refractivity contribution in [2.24, 2.45) is 5.92 Å². The summed E-state index contributed by atoms with van der Waals surface area (Å²) in [4.78, 5) is 0. The van der Waals surface area contributed by atoms with Gasteiger partial charge in [-0.3, -0.25) is 0 Å². The van der Waals surface area contributed by atoms with Crippen LogP contribution in [0.3, 0.4) is 0 Å². The van der Waals surface area contributed by atoms with Crippen molar-refractivity contribution in [1.82, 2.24) is 5.32 Å². The maximum absolute atomic E-state index is 5.64. The van der Waals surface area contributed by atoms with Crippen LogP contribution < -0.4 is 11.1 Å². The molecule has 3 N–H and O–H groups in total. The molecule has 0 saturated heterocycles. The molecule has 2 heteroatoms. The van der Waals surface area contributed by atoms with Crippen molar-refractivity contribution in [3.8, 4) is 12.8 Å². The molecule has 0 aliphatic carbocycles. The monoisotopic (exact) mass is 230 g/mol. The van der Waals surface area contributed by atoms with E-state index < -0.39 is 0 Å². The van der Waals surface area contributed by atoms with Crippen molar-refractivity contribution in [1.29, 1.82) is 0 Å². The smallest absolute Gasteiger partial charge is 0.0314 e. The molecule has 1 rings (SSSR count). The highest BCUT2D eigenvalue weighted by molar-refractivity contribution is 5.39. The first-order chi connectivity index (χ1) is 8.11. The predicted molar refractivity (Wildman–Crippen MR) is 76.4 cm³/mol. The van der Waals surface area contributed by atoms with E-state index in [1.165, 1.54) is 5.56 Å². The number of benzene rings is 1. The fourth-order valence-corrected chi connectivity index (χ4v) is 1.65. The van der Waals surface area contributed by atoms with Crippen molar-refractivity contribution in [2.75, 3.05) is 12.8 Å². The molecule has 0 radical (unpaired) electrons. The van der Waals surface area contributed by atoms with Crippen LogP contribution in [0.15, 0.2) is 36.5 Å².